The number of aromatic nitrogens is 2. The van der Waals surface area contributed by atoms with Gasteiger partial charge in [-0.2, -0.15) is 0 Å². The average molecular weight is 313 g/mol. The van der Waals surface area contributed by atoms with Gasteiger partial charge in [-0.25, -0.2) is 4.39 Å². The zero-order chi connectivity index (χ0) is 16.2. The van der Waals surface area contributed by atoms with Crippen molar-refractivity contribution in [2.45, 2.75) is 0 Å². The third kappa shape index (κ3) is 3.18. The van der Waals surface area contributed by atoms with Crippen LogP contribution in [0.25, 0.3) is 11.5 Å². The largest absolute Gasteiger partial charge is 0.496 e. The second kappa shape index (κ2) is 6.27. The van der Waals surface area contributed by atoms with Crippen LogP contribution in [0.1, 0.15) is 10.4 Å². The van der Waals surface area contributed by atoms with Gasteiger partial charge in [0.25, 0.3) is 11.8 Å². The second-order valence-corrected chi connectivity index (χ2v) is 4.57. The Kier molecular flexibility index (Phi) is 4.01. The second-order valence-electron chi connectivity index (χ2n) is 4.57. The maximum absolute atomic E-state index is 12.9. The lowest BCUT2D eigenvalue weighted by atomic mass is 10.2. The van der Waals surface area contributed by atoms with Crippen LogP contribution in [-0.2, 0) is 0 Å². The number of nitrogens with zero attached hydrogens (tertiary/aromatic N) is 2. The molecule has 0 atom stereocenters. The normalized spacial score (nSPS) is 10.3. The Labute approximate surface area is 130 Å². The standard InChI is InChI=1S/C16H12FN3O3/c1-22-13-5-3-2-4-12(13)15-19-20-16(23-15)18-14(21)10-6-8-11(17)9-7-10/h2-9H,1H3,(H,18,20,21). The van der Waals surface area contributed by atoms with Gasteiger partial charge in [-0.15, -0.1) is 5.10 Å². The van der Waals surface area contributed by atoms with Crippen molar-refractivity contribution in [1.82, 2.24) is 10.2 Å². The fourth-order valence-corrected chi connectivity index (χ4v) is 1.97. The predicted octanol–water partition coefficient (Wildman–Crippen LogP) is 3.14. The lowest BCUT2D eigenvalue weighted by Crippen LogP contribution is -2.12. The monoisotopic (exact) mass is 313 g/mol. The summed E-state index contributed by atoms with van der Waals surface area (Å²) in [5, 5.41) is 10.1. The number of carbonyl (C=O) groups excluding carboxylic acids is 1. The number of amides is 1. The first-order valence-corrected chi connectivity index (χ1v) is 6.71. The summed E-state index contributed by atoms with van der Waals surface area (Å²) in [6, 6.07) is 12.2. The number of hydrogen-bond acceptors (Lipinski definition) is 5. The van der Waals surface area contributed by atoms with Crippen LogP contribution in [0.4, 0.5) is 10.4 Å². The molecule has 7 heteroatoms. The highest BCUT2D eigenvalue weighted by Gasteiger charge is 2.15. The molecular formula is C16H12FN3O3. The Morgan fingerprint density at radius 1 is 1.13 bits per heavy atom. The summed E-state index contributed by atoms with van der Waals surface area (Å²) < 4.78 is 23.5. The van der Waals surface area contributed by atoms with E-state index < -0.39 is 11.7 Å². The number of methoxy groups -OCH3 is 1. The molecule has 1 heterocycles. The molecule has 1 N–H and O–H groups in total. The molecule has 2 aromatic carbocycles. The van der Waals surface area contributed by atoms with Crippen molar-refractivity contribution in [3.8, 4) is 17.2 Å². The van der Waals surface area contributed by atoms with Crippen molar-refractivity contribution in [3.63, 3.8) is 0 Å². The average Bonchev–Trinajstić information content (AvgIpc) is 3.03. The van der Waals surface area contributed by atoms with Gasteiger partial charge in [0.1, 0.15) is 11.6 Å². The Bertz CT molecular complexity index is 831. The van der Waals surface area contributed by atoms with E-state index in [1.54, 1.807) is 18.2 Å². The summed E-state index contributed by atoms with van der Waals surface area (Å²) in [6.45, 7) is 0. The van der Waals surface area contributed by atoms with Crippen molar-refractivity contribution >= 4 is 11.9 Å². The molecular weight excluding hydrogens is 301 g/mol. The highest BCUT2D eigenvalue weighted by molar-refractivity contribution is 6.03. The molecule has 23 heavy (non-hydrogen) atoms. The Balaban J connectivity index is 1.79. The molecule has 1 amide bonds. The van der Waals surface area contributed by atoms with Crippen LogP contribution in [0.2, 0.25) is 0 Å². The number of rotatable bonds is 4. The molecule has 0 spiro atoms. The number of ether oxygens (including phenoxy) is 1. The Morgan fingerprint density at radius 3 is 2.61 bits per heavy atom. The molecule has 0 saturated carbocycles. The number of benzene rings is 2. The van der Waals surface area contributed by atoms with Gasteiger partial charge in [-0.05, 0) is 36.4 Å². The summed E-state index contributed by atoms with van der Waals surface area (Å²) in [6.07, 6.45) is 0. The van der Waals surface area contributed by atoms with Gasteiger partial charge in [0.2, 0.25) is 0 Å². The van der Waals surface area contributed by atoms with Crippen LogP contribution in [0, 0.1) is 5.82 Å². The van der Waals surface area contributed by atoms with Crippen molar-refractivity contribution in [2.24, 2.45) is 0 Å². The molecule has 116 valence electrons. The minimum Gasteiger partial charge on any atom is -0.496 e. The van der Waals surface area contributed by atoms with E-state index >= 15 is 0 Å². The zero-order valence-corrected chi connectivity index (χ0v) is 12.1. The predicted molar refractivity (Wildman–Crippen MR) is 80.6 cm³/mol. The maximum Gasteiger partial charge on any atom is 0.322 e. The van der Waals surface area contributed by atoms with E-state index in [2.05, 4.69) is 15.5 Å². The van der Waals surface area contributed by atoms with Crippen LogP contribution in [0.3, 0.4) is 0 Å². The molecule has 3 aromatic rings. The number of hydrogen-bond donors (Lipinski definition) is 1. The van der Waals surface area contributed by atoms with Crippen molar-refractivity contribution < 1.29 is 18.3 Å². The van der Waals surface area contributed by atoms with Gasteiger partial charge in [0, 0.05) is 5.56 Å². The van der Waals surface area contributed by atoms with Gasteiger partial charge >= 0.3 is 6.01 Å². The van der Waals surface area contributed by atoms with Gasteiger partial charge in [-0.1, -0.05) is 17.2 Å². The quantitative estimate of drug-likeness (QED) is 0.800. The minimum absolute atomic E-state index is 0.0553. The van der Waals surface area contributed by atoms with Crippen LogP contribution in [-0.4, -0.2) is 23.2 Å². The van der Waals surface area contributed by atoms with Crippen LogP contribution < -0.4 is 10.1 Å². The summed E-state index contributed by atoms with van der Waals surface area (Å²) in [5.41, 5.74) is 0.897. The topological polar surface area (TPSA) is 77.3 Å². The van der Waals surface area contributed by atoms with Crippen LogP contribution in [0.5, 0.6) is 5.75 Å². The number of anilines is 1. The highest BCUT2D eigenvalue weighted by atomic mass is 19.1. The van der Waals surface area contributed by atoms with Gasteiger partial charge in [-0.3, -0.25) is 10.1 Å². The molecule has 0 aliphatic heterocycles. The summed E-state index contributed by atoms with van der Waals surface area (Å²) in [4.78, 5) is 12.0. The third-order valence-electron chi connectivity index (χ3n) is 3.09. The number of para-hydroxylation sites is 1. The first kappa shape index (κ1) is 14.7. The fraction of sp³-hybridized carbons (Fsp3) is 0.0625. The number of nitrogens with one attached hydrogen (secondary N) is 1. The minimum atomic E-state index is -0.472. The van der Waals surface area contributed by atoms with Gasteiger partial charge < -0.3 is 9.15 Å². The van der Waals surface area contributed by atoms with Gasteiger partial charge in [0.15, 0.2) is 0 Å². The Hall–Kier alpha value is -3.22. The SMILES string of the molecule is COc1ccccc1-c1nnc(NC(=O)c2ccc(F)cc2)o1. The number of halogens is 1. The summed E-state index contributed by atoms with van der Waals surface area (Å²) in [5.74, 6) is -0.0950. The van der Waals surface area contributed by atoms with Crippen LogP contribution in [0.15, 0.2) is 52.9 Å². The van der Waals surface area contributed by atoms with E-state index in [1.807, 2.05) is 6.07 Å². The van der Waals surface area contributed by atoms with E-state index in [4.69, 9.17) is 9.15 Å². The van der Waals surface area contributed by atoms with Crippen molar-refractivity contribution in [1.29, 1.82) is 0 Å². The summed E-state index contributed by atoms with van der Waals surface area (Å²) in [7, 11) is 1.53. The first-order valence-electron chi connectivity index (χ1n) is 6.71. The molecule has 0 unspecified atom stereocenters. The van der Waals surface area contributed by atoms with E-state index in [1.165, 1.54) is 31.4 Å². The molecule has 0 radical (unpaired) electrons. The smallest absolute Gasteiger partial charge is 0.322 e. The van der Waals surface area contributed by atoms with Crippen molar-refractivity contribution in [3.05, 3.63) is 59.9 Å². The molecule has 6 nitrogen and oxygen atoms in total. The van der Waals surface area contributed by atoms with E-state index in [-0.39, 0.29) is 17.5 Å². The molecule has 0 saturated heterocycles. The fourth-order valence-electron chi connectivity index (χ4n) is 1.97. The van der Waals surface area contributed by atoms with E-state index in [9.17, 15) is 9.18 Å². The molecule has 0 fully saturated rings. The lowest BCUT2D eigenvalue weighted by Gasteiger charge is -2.03. The first-order chi connectivity index (χ1) is 11.2. The highest BCUT2D eigenvalue weighted by Crippen LogP contribution is 2.29. The summed E-state index contributed by atoms with van der Waals surface area (Å²) >= 11 is 0. The Morgan fingerprint density at radius 2 is 1.87 bits per heavy atom. The van der Waals surface area contributed by atoms with E-state index in [0.29, 0.717) is 11.3 Å². The number of carbonyl (C=O) groups is 1. The molecule has 1 aromatic heterocycles. The van der Waals surface area contributed by atoms with Gasteiger partial charge in [0.05, 0.1) is 12.7 Å². The zero-order valence-electron chi connectivity index (χ0n) is 12.1. The van der Waals surface area contributed by atoms with Crippen LogP contribution >= 0.6 is 0 Å². The third-order valence-corrected chi connectivity index (χ3v) is 3.09. The van der Waals surface area contributed by atoms with Crippen molar-refractivity contribution in [2.75, 3.05) is 12.4 Å². The van der Waals surface area contributed by atoms with E-state index in [0.717, 1.165) is 0 Å². The molecule has 3 rings (SSSR count). The lowest BCUT2D eigenvalue weighted by molar-refractivity contribution is 0.102. The molecule has 0 bridgehead atoms. The molecule has 0 aliphatic rings. The molecule has 0 aliphatic carbocycles. The maximum atomic E-state index is 12.9.